The predicted octanol–water partition coefficient (Wildman–Crippen LogP) is -1.16. The van der Waals surface area contributed by atoms with Crippen LogP contribution in [0.4, 0.5) is 0 Å². The lowest BCUT2D eigenvalue weighted by Gasteiger charge is -2.26. The van der Waals surface area contributed by atoms with Gasteiger partial charge in [-0.05, 0) is 12.2 Å². The minimum Gasteiger partial charge on any atom is -0.322 e. The quantitative estimate of drug-likeness (QED) is 0.296. The largest absolute Gasteiger partial charge is 0.394 e. The van der Waals surface area contributed by atoms with Crippen molar-refractivity contribution in [3.05, 3.63) is 25.3 Å². The molecule has 0 atom stereocenters. The molecule has 0 heterocycles. The van der Waals surface area contributed by atoms with E-state index in [-0.39, 0.29) is 47.1 Å². The minimum absolute atomic E-state index is 0. The van der Waals surface area contributed by atoms with E-state index in [1.54, 1.807) is 0 Å². The average molecular weight is 321 g/mol. The molecule has 0 fully saturated rings. The molecule has 0 aromatic rings. The second kappa shape index (κ2) is 14.7. The summed E-state index contributed by atoms with van der Waals surface area (Å²) >= 11 is 0. The highest BCUT2D eigenvalue weighted by Crippen LogP contribution is 1.95. The molecular weight excluding hydrogens is 296 g/mol. The molecule has 0 aliphatic heterocycles. The van der Waals surface area contributed by atoms with Crippen LogP contribution in [0.1, 0.15) is 0 Å². The molecule has 0 radical (unpaired) electrons. The highest BCUT2D eigenvalue weighted by molar-refractivity contribution is 7.79. The number of quaternary nitrogens is 1. The Morgan fingerprint density at radius 1 is 1.06 bits per heavy atom. The number of halogens is 1. The molecule has 0 saturated heterocycles. The van der Waals surface area contributed by atoms with Gasteiger partial charge in [0.05, 0.1) is 27.2 Å². The zero-order chi connectivity index (χ0) is 11.8. The molecular formula is C8H25Al2ClNO4S+. The summed E-state index contributed by atoms with van der Waals surface area (Å²) in [6.45, 7) is 9.37. The molecule has 0 aliphatic carbocycles. The Morgan fingerprint density at radius 3 is 1.35 bits per heavy atom. The lowest BCUT2D eigenvalue weighted by molar-refractivity contribution is -0.878. The van der Waals surface area contributed by atoms with E-state index < -0.39 is 10.4 Å². The third kappa shape index (κ3) is 47.7. The maximum atomic E-state index is 8.74. The van der Waals surface area contributed by atoms with Crippen molar-refractivity contribution in [1.29, 1.82) is 0 Å². The van der Waals surface area contributed by atoms with E-state index in [2.05, 4.69) is 27.3 Å². The van der Waals surface area contributed by atoms with Crippen molar-refractivity contribution < 1.29 is 22.0 Å². The van der Waals surface area contributed by atoms with E-state index in [0.29, 0.717) is 0 Å². The summed E-state index contributed by atoms with van der Waals surface area (Å²) in [4.78, 5) is 0. The van der Waals surface area contributed by atoms with Crippen LogP contribution in [0.15, 0.2) is 25.3 Å². The van der Waals surface area contributed by atoms with Gasteiger partial charge in [0, 0.05) is 0 Å². The molecule has 0 spiro atoms. The van der Waals surface area contributed by atoms with Crippen molar-refractivity contribution >= 4 is 57.5 Å². The van der Waals surface area contributed by atoms with Gasteiger partial charge in [-0.1, -0.05) is 13.2 Å². The molecule has 0 bridgehead atoms. The van der Waals surface area contributed by atoms with Crippen molar-refractivity contribution in [3.8, 4) is 0 Å². The van der Waals surface area contributed by atoms with E-state index in [4.69, 9.17) is 17.5 Å². The summed E-state index contributed by atoms with van der Waals surface area (Å²) in [5.74, 6) is 0. The van der Waals surface area contributed by atoms with E-state index in [9.17, 15) is 0 Å². The Labute approximate surface area is 131 Å². The zero-order valence-corrected chi connectivity index (χ0v) is 10.6. The standard InChI is InChI=1S/C8H16N.2Al.ClH.H2O4S.6H/c1-5-7-9(3,4)8-6-2;;;;1-5(2,3)4;;;;;;/h5-6H,1-2,7-8H2,3-4H3;;;1H;(H2,1,2,3,4);;;;;;/q+1;;;;;;;;;;. The lowest BCUT2D eigenvalue weighted by Crippen LogP contribution is -2.39. The number of hydrogen-bond acceptors (Lipinski definition) is 2. The Morgan fingerprint density at radius 2 is 1.24 bits per heavy atom. The van der Waals surface area contributed by atoms with Gasteiger partial charge in [-0.2, -0.15) is 8.42 Å². The summed E-state index contributed by atoms with van der Waals surface area (Å²) in [5.41, 5.74) is 0. The van der Waals surface area contributed by atoms with E-state index in [1.807, 2.05) is 12.2 Å². The molecule has 0 saturated carbocycles. The van der Waals surface area contributed by atoms with Gasteiger partial charge in [-0.25, -0.2) is 0 Å². The molecule has 104 valence electrons. The molecule has 0 rings (SSSR count). The van der Waals surface area contributed by atoms with Crippen LogP contribution in [0.5, 0.6) is 0 Å². The smallest absolute Gasteiger partial charge is 0.322 e. The normalized spacial score (nSPS) is 9.18. The van der Waals surface area contributed by atoms with Gasteiger partial charge in [0.1, 0.15) is 0 Å². The summed E-state index contributed by atoms with van der Waals surface area (Å²) in [6, 6.07) is 0. The first-order valence-electron chi connectivity index (χ1n) is 3.86. The summed E-state index contributed by atoms with van der Waals surface area (Å²) in [6.07, 6.45) is 3.87. The predicted molar refractivity (Wildman–Crippen MR) is 83.5 cm³/mol. The number of rotatable bonds is 4. The molecule has 2 N–H and O–H groups in total. The molecule has 0 aliphatic rings. The molecule has 9 heteroatoms. The van der Waals surface area contributed by atoms with Gasteiger partial charge in [0.25, 0.3) is 0 Å². The number of likely N-dealkylation sites (N-methyl/N-ethyl adjacent to an activating group) is 1. The summed E-state index contributed by atoms with van der Waals surface area (Å²) in [5, 5.41) is 0. The SMILES string of the molecule is C=CC[N+](C)(C)CC=C.Cl.O=S(=O)(O)O.[AlH3].[AlH3]. The van der Waals surface area contributed by atoms with Crippen LogP contribution < -0.4 is 0 Å². The molecule has 0 amide bonds. The Kier molecular flexibility index (Phi) is 26.5. The van der Waals surface area contributed by atoms with E-state index in [0.717, 1.165) is 17.6 Å². The van der Waals surface area contributed by atoms with Crippen LogP contribution in [0.3, 0.4) is 0 Å². The molecule has 0 aromatic heterocycles. The van der Waals surface area contributed by atoms with Crippen LogP contribution in [-0.4, -0.2) is 83.9 Å². The lowest BCUT2D eigenvalue weighted by atomic mass is 10.4. The molecule has 0 aromatic carbocycles. The molecule has 17 heavy (non-hydrogen) atoms. The van der Waals surface area contributed by atoms with Gasteiger partial charge in [-0.15, -0.1) is 12.4 Å². The van der Waals surface area contributed by atoms with E-state index in [1.165, 1.54) is 0 Å². The van der Waals surface area contributed by atoms with Gasteiger partial charge in [0.2, 0.25) is 0 Å². The van der Waals surface area contributed by atoms with Crippen LogP contribution >= 0.6 is 12.4 Å². The second-order valence-electron chi connectivity index (χ2n) is 3.33. The topological polar surface area (TPSA) is 74.6 Å². The van der Waals surface area contributed by atoms with Gasteiger partial charge < -0.3 is 4.48 Å². The third-order valence-corrected chi connectivity index (χ3v) is 1.25. The number of nitrogens with zero attached hydrogens (tertiary/aromatic N) is 1. The van der Waals surface area contributed by atoms with Crippen molar-refractivity contribution in [2.24, 2.45) is 0 Å². The van der Waals surface area contributed by atoms with Gasteiger partial charge in [-0.3, -0.25) is 9.11 Å². The van der Waals surface area contributed by atoms with E-state index >= 15 is 0 Å². The molecule has 0 unspecified atom stereocenters. The maximum Gasteiger partial charge on any atom is 0.394 e. The monoisotopic (exact) mass is 320 g/mol. The van der Waals surface area contributed by atoms with Crippen LogP contribution in [-0.2, 0) is 10.4 Å². The summed E-state index contributed by atoms with van der Waals surface area (Å²) < 4.78 is 32.5. The first-order chi connectivity index (χ1) is 6.12. The summed E-state index contributed by atoms with van der Waals surface area (Å²) in [7, 11) is -0.354. The van der Waals surface area contributed by atoms with Crippen molar-refractivity contribution in [2.45, 2.75) is 0 Å². The fraction of sp³-hybridized carbons (Fsp3) is 0.500. The van der Waals surface area contributed by atoms with Crippen molar-refractivity contribution in [2.75, 3.05) is 27.2 Å². The van der Waals surface area contributed by atoms with Gasteiger partial charge in [0.15, 0.2) is 34.7 Å². The Bertz CT molecular complexity index is 263. The first kappa shape index (κ1) is 30.6. The van der Waals surface area contributed by atoms with Crippen LogP contribution in [0, 0.1) is 0 Å². The van der Waals surface area contributed by atoms with Gasteiger partial charge >= 0.3 is 10.4 Å². The average Bonchev–Trinajstić information content (AvgIpc) is 1.81. The second-order valence-corrected chi connectivity index (χ2v) is 4.22. The minimum atomic E-state index is -4.67. The van der Waals surface area contributed by atoms with Crippen LogP contribution in [0.2, 0.25) is 0 Å². The number of hydrogen-bond donors (Lipinski definition) is 2. The molecule has 5 nitrogen and oxygen atoms in total. The first-order valence-corrected chi connectivity index (χ1v) is 5.26. The third-order valence-electron chi connectivity index (χ3n) is 1.25. The van der Waals surface area contributed by atoms with Crippen molar-refractivity contribution in [1.82, 2.24) is 0 Å². The Balaban J connectivity index is -0.0000000533. The van der Waals surface area contributed by atoms with Crippen molar-refractivity contribution in [3.63, 3.8) is 0 Å². The Hall–Kier alpha value is 0.665. The maximum absolute atomic E-state index is 8.74. The highest BCUT2D eigenvalue weighted by Gasteiger charge is 2.07. The highest BCUT2D eigenvalue weighted by atomic mass is 35.5. The zero-order valence-electron chi connectivity index (χ0n) is 8.96. The fourth-order valence-electron chi connectivity index (χ4n) is 0.774. The van der Waals surface area contributed by atoms with Crippen LogP contribution in [0.25, 0.3) is 0 Å². The fourth-order valence-corrected chi connectivity index (χ4v) is 0.774.